The van der Waals surface area contributed by atoms with Crippen molar-refractivity contribution in [3.63, 3.8) is 0 Å². The Hall–Kier alpha value is -4.70. The number of nitrogens with zero attached hydrogens (tertiary/aromatic N) is 4. The fourth-order valence-corrected chi connectivity index (χ4v) is 6.91. The summed E-state index contributed by atoms with van der Waals surface area (Å²) in [6.45, 7) is 10.7. The van der Waals surface area contributed by atoms with Crippen molar-refractivity contribution in [2.75, 3.05) is 18.1 Å². The number of anilines is 1. The number of unbranched alkanes of at least 4 members (excludes halogenated alkanes) is 1. The molecule has 0 saturated carbocycles. The molecule has 4 heterocycles. The molecule has 1 atom stereocenters. The standard InChI is InChI=1S/C34H34N4O5S/c1-6-8-15-43-23-13-12-22(18-24(23)42-7-2)30-27(31(39)29-21(5)35-26-11-9-10-14-37(26)29)32(40)33(41)38(30)34-36-28-20(4)16-19(3)17-25(28)44-34/h9-14,16-18,30,39H,6-8,15H2,1-5H3. The maximum absolute atomic E-state index is 13.9. The van der Waals surface area contributed by atoms with E-state index in [4.69, 9.17) is 14.5 Å². The molecule has 9 nitrogen and oxygen atoms in total. The number of hydrogen-bond acceptors (Lipinski definition) is 8. The highest BCUT2D eigenvalue weighted by Gasteiger charge is 2.49. The number of aliphatic hydroxyl groups is 1. The van der Waals surface area contributed by atoms with E-state index in [2.05, 4.69) is 11.9 Å². The highest BCUT2D eigenvalue weighted by Crippen LogP contribution is 2.46. The average Bonchev–Trinajstić information content (AvgIpc) is 3.64. The van der Waals surface area contributed by atoms with Crippen LogP contribution in [0.1, 0.15) is 60.8 Å². The molecule has 1 saturated heterocycles. The van der Waals surface area contributed by atoms with Crippen LogP contribution in [0.5, 0.6) is 11.5 Å². The minimum absolute atomic E-state index is 0.0435. The number of carbonyl (C=O) groups is 2. The van der Waals surface area contributed by atoms with Gasteiger partial charge in [-0.2, -0.15) is 0 Å². The number of aromatic nitrogens is 3. The van der Waals surface area contributed by atoms with Gasteiger partial charge in [0.15, 0.2) is 22.4 Å². The highest BCUT2D eigenvalue weighted by atomic mass is 32.1. The summed E-state index contributed by atoms with van der Waals surface area (Å²) in [5.41, 5.74) is 4.85. The third-order valence-corrected chi connectivity index (χ3v) is 8.74. The van der Waals surface area contributed by atoms with Gasteiger partial charge >= 0.3 is 5.91 Å². The van der Waals surface area contributed by atoms with Crippen LogP contribution in [0.2, 0.25) is 0 Å². The van der Waals surface area contributed by atoms with Crippen LogP contribution < -0.4 is 14.4 Å². The van der Waals surface area contributed by atoms with Crippen molar-refractivity contribution in [3.8, 4) is 11.5 Å². The summed E-state index contributed by atoms with van der Waals surface area (Å²) in [6.07, 6.45) is 3.65. The number of Topliss-reactive ketones (excluding diaryl/α,β-unsaturated/α-hetero) is 1. The molecule has 2 aromatic carbocycles. The summed E-state index contributed by atoms with van der Waals surface area (Å²) in [4.78, 5) is 38.7. The number of amides is 1. The predicted octanol–water partition coefficient (Wildman–Crippen LogP) is 7.07. The Labute approximate surface area is 259 Å². The number of ketones is 1. The van der Waals surface area contributed by atoms with Crippen molar-refractivity contribution in [2.45, 2.75) is 53.5 Å². The van der Waals surface area contributed by atoms with Gasteiger partial charge in [-0.3, -0.25) is 18.9 Å². The molecule has 3 aromatic heterocycles. The van der Waals surface area contributed by atoms with Crippen LogP contribution in [-0.2, 0) is 9.59 Å². The van der Waals surface area contributed by atoms with Gasteiger partial charge in [-0.15, -0.1) is 0 Å². The molecule has 0 bridgehead atoms. The summed E-state index contributed by atoms with van der Waals surface area (Å²) in [5.74, 6) is -0.802. The number of fused-ring (bicyclic) bond motifs is 2. The molecule has 1 amide bonds. The minimum atomic E-state index is -0.977. The van der Waals surface area contributed by atoms with Gasteiger partial charge in [0.25, 0.3) is 5.78 Å². The van der Waals surface area contributed by atoms with Gasteiger partial charge in [-0.25, -0.2) is 9.97 Å². The Morgan fingerprint density at radius 2 is 1.82 bits per heavy atom. The van der Waals surface area contributed by atoms with Gasteiger partial charge < -0.3 is 14.6 Å². The smallest absolute Gasteiger partial charge is 0.301 e. The van der Waals surface area contributed by atoms with Crippen LogP contribution >= 0.6 is 11.3 Å². The average molecular weight is 611 g/mol. The molecule has 0 spiro atoms. The zero-order chi connectivity index (χ0) is 31.1. The number of hydrogen-bond donors (Lipinski definition) is 1. The second-order valence-corrected chi connectivity index (χ2v) is 11.9. The van der Waals surface area contributed by atoms with Crippen LogP contribution in [0.25, 0.3) is 21.6 Å². The fourth-order valence-electron chi connectivity index (χ4n) is 5.74. The number of ether oxygens (including phenoxy) is 2. The predicted molar refractivity (Wildman–Crippen MR) is 172 cm³/mol. The topological polar surface area (TPSA) is 106 Å². The lowest BCUT2D eigenvalue weighted by Crippen LogP contribution is -2.29. The molecule has 1 N–H and O–H groups in total. The van der Waals surface area contributed by atoms with Gasteiger partial charge in [0, 0.05) is 6.20 Å². The van der Waals surface area contributed by atoms with Crippen molar-refractivity contribution in [1.29, 1.82) is 0 Å². The molecule has 0 radical (unpaired) electrons. The summed E-state index contributed by atoms with van der Waals surface area (Å²) in [5, 5.41) is 12.3. The maximum atomic E-state index is 13.9. The van der Waals surface area contributed by atoms with E-state index in [-0.39, 0.29) is 11.3 Å². The van der Waals surface area contributed by atoms with Crippen LogP contribution in [0.15, 0.2) is 60.3 Å². The van der Waals surface area contributed by atoms with Gasteiger partial charge in [-0.05, 0) is 81.1 Å². The van der Waals surface area contributed by atoms with Crippen molar-refractivity contribution in [3.05, 3.63) is 88.4 Å². The number of aliphatic hydroxyl groups excluding tert-OH is 1. The van der Waals surface area contributed by atoms with E-state index >= 15 is 0 Å². The van der Waals surface area contributed by atoms with E-state index in [1.165, 1.54) is 16.2 Å². The maximum Gasteiger partial charge on any atom is 0.301 e. The van der Waals surface area contributed by atoms with Gasteiger partial charge in [0.2, 0.25) is 0 Å². The number of rotatable bonds is 9. The molecule has 1 aliphatic heterocycles. The van der Waals surface area contributed by atoms with Crippen LogP contribution in [0, 0.1) is 20.8 Å². The second-order valence-electron chi connectivity index (χ2n) is 10.9. The molecule has 1 aliphatic rings. The van der Waals surface area contributed by atoms with E-state index in [0.29, 0.717) is 52.4 Å². The van der Waals surface area contributed by atoms with Crippen LogP contribution in [-0.4, -0.2) is 44.4 Å². The normalized spacial score (nSPS) is 16.4. The molecular formula is C34H34N4O5S. The third kappa shape index (κ3) is 4.98. The number of thiazole rings is 1. The first kappa shape index (κ1) is 29.4. The lowest BCUT2D eigenvalue weighted by Gasteiger charge is -2.24. The Morgan fingerprint density at radius 1 is 1.00 bits per heavy atom. The minimum Gasteiger partial charge on any atom is -0.505 e. The molecule has 10 heteroatoms. The monoisotopic (exact) mass is 610 g/mol. The first-order valence-corrected chi connectivity index (χ1v) is 15.6. The van der Waals surface area contributed by atoms with Crippen molar-refractivity contribution in [1.82, 2.24) is 14.4 Å². The summed E-state index contributed by atoms with van der Waals surface area (Å²) < 4.78 is 14.6. The van der Waals surface area contributed by atoms with E-state index in [1.807, 2.05) is 57.2 Å². The van der Waals surface area contributed by atoms with E-state index in [0.717, 1.165) is 34.2 Å². The Kier molecular flexibility index (Phi) is 7.85. The largest absolute Gasteiger partial charge is 0.505 e. The Bertz CT molecular complexity index is 1960. The molecule has 1 unspecified atom stereocenters. The summed E-state index contributed by atoms with van der Waals surface area (Å²) >= 11 is 1.34. The van der Waals surface area contributed by atoms with Crippen molar-refractivity contribution < 1.29 is 24.2 Å². The molecule has 6 rings (SSSR count). The molecular weight excluding hydrogens is 576 g/mol. The van der Waals surface area contributed by atoms with Gasteiger partial charge in [-0.1, -0.05) is 42.9 Å². The lowest BCUT2D eigenvalue weighted by atomic mass is 9.96. The highest BCUT2D eigenvalue weighted by molar-refractivity contribution is 7.22. The number of imidazole rings is 1. The van der Waals surface area contributed by atoms with E-state index < -0.39 is 17.7 Å². The molecule has 5 aromatic rings. The molecule has 1 fully saturated rings. The Morgan fingerprint density at radius 3 is 2.59 bits per heavy atom. The van der Waals surface area contributed by atoms with Gasteiger partial charge in [0.05, 0.1) is 40.7 Å². The van der Waals surface area contributed by atoms with Gasteiger partial charge in [0.1, 0.15) is 11.3 Å². The van der Waals surface area contributed by atoms with Crippen LogP contribution in [0.3, 0.4) is 0 Å². The third-order valence-electron chi connectivity index (χ3n) is 7.74. The van der Waals surface area contributed by atoms with Crippen LogP contribution in [0.4, 0.5) is 5.13 Å². The van der Waals surface area contributed by atoms with Crippen molar-refractivity contribution in [2.24, 2.45) is 0 Å². The molecule has 226 valence electrons. The zero-order valence-electron chi connectivity index (χ0n) is 25.4. The second kappa shape index (κ2) is 11.8. The first-order valence-electron chi connectivity index (χ1n) is 14.8. The number of pyridine rings is 1. The number of benzene rings is 2. The number of carbonyl (C=O) groups excluding carboxylic acids is 2. The van der Waals surface area contributed by atoms with Crippen molar-refractivity contribution >= 4 is 49.8 Å². The summed E-state index contributed by atoms with van der Waals surface area (Å²) in [6, 6.07) is 13.9. The molecule has 0 aliphatic carbocycles. The lowest BCUT2D eigenvalue weighted by molar-refractivity contribution is -0.132. The van der Waals surface area contributed by atoms with E-state index in [9.17, 15) is 14.7 Å². The first-order chi connectivity index (χ1) is 21.2. The number of aryl methyl sites for hydroxylation is 3. The SMILES string of the molecule is CCCCOc1ccc(C2C(=C(O)c3c(C)nc4ccccn34)C(=O)C(=O)N2c2nc3c(C)cc(C)cc3s2)cc1OCC. The Balaban J connectivity index is 1.58. The quantitative estimate of drug-likeness (QED) is 0.0823. The van der Waals surface area contributed by atoms with E-state index in [1.54, 1.807) is 29.7 Å². The zero-order valence-corrected chi connectivity index (χ0v) is 26.2. The fraction of sp³-hybridized carbons (Fsp3) is 0.294. The molecule has 44 heavy (non-hydrogen) atoms. The summed E-state index contributed by atoms with van der Waals surface area (Å²) in [7, 11) is 0.